The molecule has 5 heterocycles. The third kappa shape index (κ3) is 18.0. The minimum Gasteiger partial charge on any atom is -0.0616 e. The van der Waals surface area contributed by atoms with E-state index in [1.165, 1.54) is 66.6 Å². The molecular weight excluding hydrogens is 1270 g/mol. The van der Waals surface area contributed by atoms with Gasteiger partial charge in [-0.3, -0.25) is 4.79 Å². The summed E-state index contributed by atoms with van der Waals surface area (Å²) in [5, 5.41) is 11.5. The first kappa shape index (κ1) is 71.1. The molecule has 3 atom stereocenters. The van der Waals surface area contributed by atoms with Crippen LogP contribution >= 0.6 is 0 Å². The van der Waals surface area contributed by atoms with Crippen LogP contribution < -0.4 is 20.3 Å². The van der Waals surface area contributed by atoms with Gasteiger partial charge in [-0.15, -0.1) is 0 Å². The predicted octanol–water partition coefficient (Wildman–Crippen LogP) is 12.5. The van der Waals surface area contributed by atoms with E-state index in [4.69, 9.17) is 12.3 Å². The van der Waals surface area contributed by atoms with Gasteiger partial charge in [0.25, 0.3) is 0 Å². The zero-order valence-corrected chi connectivity index (χ0v) is 60.7. The fourth-order valence-electron chi connectivity index (χ4n) is 15.4. The molecule has 4 bridgehead atoms. The number of benzene rings is 5. The third-order valence-electron chi connectivity index (χ3n) is 20.5. The molecule has 11 rings (SSSR count). The van der Waals surface area contributed by atoms with Crippen LogP contribution in [0, 0.1) is 0 Å². The SMILES string of the molecule is CCCN1/C(=C/C=C2\CCCC(/C=C/C3=[N+](CCC)c4ccc5ccccc5c4C3(C)C)=C2Oc2ccc(CCC(=O)NCCCCCCCCCCNC(=O)CN3CCN4CCN5CCN(CC3)CC(=O)[O][Ge]([CH2]C(=O)C4)[O]C(=O)C5)cc2)C(C)(C)c2c1ccc1ccccc21. The van der Waals surface area contributed by atoms with Crippen LogP contribution in [-0.4, -0.2) is 179 Å². The summed E-state index contributed by atoms with van der Waals surface area (Å²) >= 11 is -3.18. The van der Waals surface area contributed by atoms with E-state index in [0.29, 0.717) is 78.3 Å². The van der Waals surface area contributed by atoms with E-state index in [1.807, 2.05) is 9.80 Å². The number of amides is 2. The molecule has 1 aliphatic carbocycles. The average molecular weight is 1380 g/mol. The van der Waals surface area contributed by atoms with E-state index in [-0.39, 0.29) is 59.9 Å². The second kappa shape index (κ2) is 33.6. The van der Waals surface area contributed by atoms with Gasteiger partial charge in [0.05, 0.1) is 5.41 Å². The van der Waals surface area contributed by atoms with Crippen LogP contribution in [-0.2, 0) is 48.8 Å². The van der Waals surface area contributed by atoms with Gasteiger partial charge in [0.1, 0.15) is 18.1 Å². The molecule has 0 spiro atoms. The Bertz CT molecular complexity index is 3780. The molecular formula is C80H104GeN8O8+. The summed E-state index contributed by atoms with van der Waals surface area (Å²) in [6, 6.07) is 35.2. The first-order valence-electron chi connectivity index (χ1n) is 36.3. The Labute approximate surface area is 581 Å². The molecule has 3 saturated heterocycles. The number of ether oxygens (including phenoxy) is 1. The first-order valence-corrected chi connectivity index (χ1v) is 39.5. The van der Waals surface area contributed by atoms with Gasteiger partial charge in [0.15, 0.2) is 5.71 Å². The van der Waals surface area contributed by atoms with Crippen molar-refractivity contribution in [1.29, 1.82) is 0 Å². The second-order valence-corrected chi connectivity index (χ2v) is 31.7. The summed E-state index contributed by atoms with van der Waals surface area (Å²) in [6.45, 7) is 22.6. The van der Waals surface area contributed by atoms with Crippen LogP contribution in [0.5, 0.6) is 5.75 Å². The Morgan fingerprint density at radius 3 is 1.85 bits per heavy atom. The van der Waals surface area contributed by atoms with E-state index < -0.39 is 27.0 Å². The van der Waals surface area contributed by atoms with E-state index in [9.17, 15) is 24.0 Å². The van der Waals surface area contributed by atoms with Crippen molar-refractivity contribution in [3.05, 3.63) is 161 Å². The van der Waals surface area contributed by atoms with E-state index >= 15 is 0 Å². The molecule has 3 fully saturated rings. The third-order valence-corrected chi connectivity index (χ3v) is 23.8. The molecule has 0 aromatic heterocycles. The number of Topliss-reactive ketones (excluding diaryl/α,β-unsaturated/α-hetero) is 1. The number of unbranched alkanes of at least 4 members (excludes halogenated alkanes) is 7. The van der Waals surface area contributed by atoms with Gasteiger partial charge in [-0.25, -0.2) is 0 Å². The number of allylic oxidation sites excluding steroid dienone is 7. The molecule has 5 aromatic rings. The van der Waals surface area contributed by atoms with Crippen LogP contribution in [0.15, 0.2) is 144 Å². The molecule has 97 heavy (non-hydrogen) atoms. The van der Waals surface area contributed by atoms with Crippen LogP contribution in [0.1, 0.15) is 148 Å². The molecule has 17 heteroatoms. The second-order valence-electron chi connectivity index (χ2n) is 28.5. The number of carbonyl (C=O) groups is 5. The normalized spacial score (nSPS) is 21.8. The number of nitrogens with one attached hydrogen (secondary N) is 2. The summed E-state index contributed by atoms with van der Waals surface area (Å²) in [7, 11) is 0. The Morgan fingerprint density at radius 1 is 0.619 bits per heavy atom. The predicted molar refractivity (Wildman–Crippen MR) is 390 cm³/mol. The maximum atomic E-state index is 13.2. The molecule has 5 aliphatic heterocycles. The van der Waals surface area contributed by atoms with Crippen molar-refractivity contribution in [2.45, 2.75) is 154 Å². The van der Waals surface area contributed by atoms with Gasteiger partial charge in [0.2, 0.25) is 11.6 Å². The van der Waals surface area contributed by atoms with Crippen LogP contribution in [0.3, 0.4) is 0 Å². The van der Waals surface area contributed by atoms with E-state index in [0.717, 1.165) is 114 Å². The fourth-order valence-corrected chi connectivity index (χ4v) is 18.0. The topological polar surface area (TPSA) is 156 Å². The number of hydrogen-bond acceptors (Lipinski definition) is 13. The van der Waals surface area contributed by atoms with Gasteiger partial charge in [-0.1, -0.05) is 139 Å². The Balaban J connectivity index is 0.645. The number of nitrogens with zero attached hydrogens (tertiary/aromatic N) is 6. The van der Waals surface area contributed by atoms with Crippen molar-refractivity contribution in [3.63, 3.8) is 0 Å². The van der Waals surface area contributed by atoms with Crippen molar-refractivity contribution in [1.82, 2.24) is 30.2 Å². The van der Waals surface area contributed by atoms with Crippen molar-refractivity contribution in [2.75, 3.05) is 110 Å². The molecule has 0 saturated carbocycles. The first-order chi connectivity index (χ1) is 47.1. The van der Waals surface area contributed by atoms with Crippen molar-refractivity contribution in [3.8, 4) is 5.75 Å². The smallest absolute Gasteiger partial charge is 0.0457 e. The van der Waals surface area contributed by atoms with Crippen molar-refractivity contribution in [2.24, 2.45) is 0 Å². The summed E-state index contributed by atoms with van der Waals surface area (Å²) in [5.74, 6) is 0.788. The summed E-state index contributed by atoms with van der Waals surface area (Å²) < 4.78 is 21.0. The molecule has 1 radical (unpaired) electrons. The van der Waals surface area contributed by atoms with Gasteiger partial charge in [-0.05, 0) is 133 Å². The Morgan fingerprint density at radius 2 is 1.21 bits per heavy atom. The molecule has 6 aliphatic rings. The number of carbonyl (C=O) groups excluding carboxylic acids is 5. The molecule has 2 amide bonds. The van der Waals surface area contributed by atoms with Gasteiger partial charge in [-0.2, -0.15) is 4.58 Å². The molecule has 5 aromatic carbocycles. The Kier molecular flexibility index (Phi) is 24.6. The molecule has 3 unspecified atom stereocenters. The molecule has 515 valence electrons. The quantitative estimate of drug-likeness (QED) is 0.0324. The molecule has 16 nitrogen and oxygen atoms in total. The number of rotatable bonds is 25. The van der Waals surface area contributed by atoms with Gasteiger partial charge in [0, 0.05) is 60.4 Å². The standard InChI is InChI=1S/C80H103GeN8O8/c1-7-44-88-68-37-31-60-22-15-17-26-66(60)76(68)79(3,4)70(88)39-33-62-24-21-25-63(34-40-71-80(5,6)77-67-27-18-16-23-61(67)32-38-69(77)89(71)45-8-2)78(62)95-65-35-28-59(29-36-65)30-41-72(91)82-42-19-13-11-9-10-12-14-20-43-83-73(92)56-85-48-46-84-47-50-86-52-53-87(51-49-85)58-75(94)97-81(54-64(90)55-84)96-74(93)57-86/h15-18,22-23,26-29,31-40H,7-14,19-21,24-25,30,41-58H2,1-6H3,(H-,82,83,91,92)/p+1. The number of ketones is 1. The van der Waals surface area contributed by atoms with Crippen molar-refractivity contribution < 1.29 is 40.8 Å². The largest absolute Gasteiger partial charge is 0.0616 e. The van der Waals surface area contributed by atoms with E-state index in [1.54, 1.807) is 0 Å². The minimum atomic E-state index is -3.18. The number of aryl methyl sites for hydroxylation is 1. The zero-order chi connectivity index (χ0) is 67.9. The summed E-state index contributed by atoms with van der Waals surface area (Å²) in [5.41, 5.74) is 11.1. The number of anilines is 1. The van der Waals surface area contributed by atoms with Crippen LogP contribution in [0.25, 0.3) is 21.5 Å². The zero-order valence-electron chi connectivity index (χ0n) is 58.6. The average Bonchev–Trinajstić information content (AvgIpc) is 1.59. The molecule has 2 N–H and O–H groups in total. The van der Waals surface area contributed by atoms with Crippen LogP contribution in [0.2, 0.25) is 5.25 Å². The monoisotopic (exact) mass is 1380 g/mol. The summed E-state index contributed by atoms with van der Waals surface area (Å²) in [4.78, 5) is 76.1. The maximum Gasteiger partial charge on any atom is 0.0457 e. The van der Waals surface area contributed by atoms with E-state index in [2.05, 4.69) is 193 Å². The Hall–Kier alpha value is -7.22. The van der Waals surface area contributed by atoms with Gasteiger partial charge < -0.3 is 15.0 Å². The maximum absolute atomic E-state index is 13.2. The number of fused-ring (bicyclic) bond motifs is 13. The van der Waals surface area contributed by atoms with Crippen LogP contribution in [0.4, 0.5) is 11.4 Å². The summed E-state index contributed by atoms with van der Waals surface area (Å²) in [6.07, 6.45) is 24.0. The number of hydrogen-bond donors (Lipinski definition) is 2. The minimum absolute atomic E-state index is 0.0151. The van der Waals surface area contributed by atoms with Crippen molar-refractivity contribution >= 4 is 83.2 Å². The fraction of sp³-hybridized carbons (Fsp3) is 0.500. The van der Waals surface area contributed by atoms with Gasteiger partial charge >= 0.3 is 187 Å².